The van der Waals surface area contributed by atoms with Gasteiger partial charge in [-0.25, -0.2) is 9.50 Å². The number of rotatable bonds is 9. The van der Waals surface area contributed by atoms with E-state index < -0.39 is 38.2 Å². The maximum atomic E-state index is 13.4. The molecule has 0 radical (unpaired) electrons. The van der Waals surface area contributed by atoms with Gasteiger partial charge in [-0.15, -0.1) is 0 Å². The first kappa shape index (κ1) is 32.1. The molecule has 11 heteroatoms. The molecule has 0 unspecified atom stereocenters. The minimum Gasteiger partial charge on any atom is -0.456 e. The van der Waals surface area contributed by atoms with Gasteiger partial charge in [-0.05, 0) is 33.1 Å². The molecular formula is C36H37N5O5Si. The van der Waals surface area contributed by atoms with Gasteiger partial charge in [0, 0.05) is 0 Å². The fourth-order valence-corrected chi connectivity index (χ4v) is 11.2. The van der Waals surface area contributed by atoms with Crippen LogP contribution in [0.3, 0.4) is 0 Å². The Morgan fingerprint density at radius 1 is 1.00 bits per heavy atom. The van der Waals surface area contributed by atoms with Crippen LogP contribution < -0.4 is 16.1 Å². The van der Waals surface area contributed by atoms with Crippen LogP contribution in [0.2, 0.25) is 5.04 Å². The van der Waals surface area contributed by atoms with Gasteiger partial charge in [0.05, 0.1) is 18.7 Å². The predicted octanol–water partition coefficient (Wildman–Crippen LogP) is 3.52. The van der Waals surface area contributed by atoms with Gasteiger partial charge in [-0.3, -0.25) is 4.79 Å². The van der Waals surface area contributed by atoms with E-state index in [2.05, 4.69) is 61.2 Å². The second kappa shape index (κ2) is 12.7. The number of hydrogen-bond donors (Lipinski definition) is 2. The lowest BCUT2D eigenvalue weighted by Gasteiger charge is -2.43. The van der Waals surface area contributed by atoms with Crippen molar-refractivity contribution >= 4 is 36.0 Å². The first-order chi connectivity index (χ1) is 22.6. The van der Waals surface area contributed by atoms with Crippen molar-refractivity contribution in [3.8, 4) is 6.07 Å². The second-order valence-electron chi connectivity index (χ2n) is 12.7. The number of nitriles is 1. The third kappa shape index (κ3) is 5.70. The van der Waals surface area contributed by atoms with E-state index in [0.29, 0.717) is 5.52 Å². The molecule has 240 valence electrons. The Morgan fingerprint density at radius 2 is 1.60 bits per heavy atom. The molecule has 4 atom stereocenters. The highest BCUT2D eigenvalue weighted by molar-refractivity contribution is 6.99. The number of anilines is 1. The normalized spacial score (nSPS) is 21.4. The average Bonchev–Trinajstić information content (AvgIpc) is 3.62. The number of benzene rings is 3. The zero-order valence-electron chi connectivity index (χ0n) is 26.5. The Morgan fingerprint density at radius 3 is 2.17 bits per heavy atom. The molecule has 10 nitrogen and oxygen atoms in total. The molecule has 1 fully saturated rings. The minimum absolute atomic E-state index is 0.0241. The SMILES string of the molecule is CC(C)(C)[Si](OC[C@H]1O[C@@](C#N)(c2ccc3c(N)ncnn23)[C@H](O)[C@@H]1OC(=O)Cc1ccccc1)(c1ccccc1)c1ccccc1. The summed E-state index contributed by atoms with van der Waals surface area (Å²) in [7, 11) is -3.07. The van der Waals surface area contributed by atoms with Gasteiger partial charge in [0.25, 0.3) is 8.32 Å². The van der Waals surface area contributed by atoms with Crippen LogP contribution in [0.1, 0.15) is 32.0 Å². The van der Waals surface area contributed by atoms with Crippen molar-refractivity contribution in [1.82, 2.24) is 14.6 Å². The summed E-state index contributed by atoms with van der Waals surface area (Å²) in [4.78, 5) is 17.4. The number of esters is 1. The van der Waals surface area contributed by atoms with E-state index in [1.807, 2.05) is 66.7 Å². The molecular weight excluding hydrogens is 611 g/mol. The Hall–Kier alpha value is -4.86. The van der Waals surface area contributed by atoms with Crippen LogP contribution in [0.15, 0.2) is 109 Å². The highest BCUT2D eigenvalue weighted by atomic mass is 28.4. The summed E-state index contributed by atoms with van der Waals surface area (Å²) in [5, 5.41) is 28.7. The number of nitrogens with zero attached hydrogens (tertiary/aromatic N) is 4. The standard InChI is InChI=1S/C36H37N5O5Si/c1-35(2,3)47(26-15-9-5-10-16-26,27-17-11-6-12-18-27)44-22-29-32(45-31(42)21-25-13-7-4-8-14-25)33(43)36(23-37,46-29)30-20-19-28-34(38)39-24-40-41(28)30/h4-20,24,29,32-33,43H,21-22H2,1-3H3,(H2,38,39,40)/t29-,32-,33-,36+/m1/s1. The number of fused-ring (bicyclic) bond motifs is 1. The molecule has 1 aliphatic rings. The predicted molar refractivity (Wildman–Crippen MR) is 179 cm³/mol. The molecule has 5 aromatic rings. The van der Waals surface area contributed by atoms with Crippen LogP contribution in [0.25, 0.3) is 5.52 Å². The van der Waals surface area contributed by atoms with Crippen molar-refractivity contribution in [3.05, 3.63) is 121 Å². The molecule has 1 saturated heterocycles. The Balaban J connectivity index is 1.42. The Kier molecular flexibility index (Phi) is 8.70. The molecule has 0 aliphatic carbocycles. The highest BCUT2D eigenvalue weighted by Gasteiger charge is 2.61. The highest BCUT2D eigenvalue weighted by Crippen LogP contribution is 2.43. The molecule has 3 aromatic carbocycles. The van der Waals surface area contributed by atoms with E-state index >= 15 is 0 Å². The van der Waals surface area contributed by atoms with Crippen LogP contribution in [-0.4, -0.2) is 58.9 Å². The number of nitrogens with two attached hydrogens (primary N) is 1. The number of carbonyl (C=O) groups excluding carboxylic acids is 1. The number of aromatic nitrogens is 3. The summed E-state index contributed by atoms with van der Waals surface area (Å²) in [6.45, 7) is 6.38. The van der Waals surface area contributed by atoms with Gasteiger partial charge in [0.1, 0.15) is 30.1 Å². The van der Waals surface area contributed by atoms with E-state index in [1.165, 1.54) is 10.8 Å². The number of aliphatic hydroxyl groups excluding tert-OH is 1. The lowest BCUT2D eigenvalue weighted by molar-refractivity contribution is -0.155. The molecule has 1 aliphatic heterocycles. The second-order valence-corrected chi connectivity index (χ2v) is 17.0. The van der Waals surface area contributed by atoms with Crippen molar-refractivity contribution in [2.75, 3.05) is 12.3 Å². The quantitative estimate of drug-likeness (QED) is 0.181. The van der Waals surface area contributed by atoms with Crippen LogP contribution in [-0.2, 0) is 30.7 Å². The third-order valence-corrected chi connectivity index (χ3v) is 13.8. The van der Waals surface area contributed by atoms with Gasteiger partial charge in [-0.1, -0.05) is 112 Å². The monoisotopic (exact) mass is 647 g/mol. The molecule has 3 N–H and O–H groups in total. The van der Waals surface area contributed by atoms with Crippen molar-refractivity contribution < 1.29 is 23.8 Å². The first-order valence-corrected chi connectivity index (χ1v) is 17.4. The molecule has 3 heterocycles. The summed E-state index contributed by atoms with van der Waals surface area (Å²) in [5.41, 5.74) is 5.54. The Labute approximate surface area is 274 Å². The molecule has 0 bridgehead atoms. The van der Waals surface area contributed by atoms with Gasteiger partial charge in [0.2, 0.25) is 5.60 Å². The van der Waals surface area contributed by atoms with Crippen molar-refractivity contribution in [3.63, 3.8) is 0 Å². The third-order valence-electron chi connectivity index (χ3n) is 8.80. The van der Waals surface area contributed by atoms with E-state index in [-0.39, 0.29) is 29.6 Å². The van der Waals surface area contributed by atoms with Gasteiger partial charge in [-0.2, -0.15) is 10.4 Å². The molecule has 47 heavy (non-hydrogen) atoms. The van der Waals surface area contributed by atoms with Gasteiger partial charge >= 0.3 is 5.97 Å². The summed E-state index contributed by atoms with van der Waals surface area (Å²) in [5.74, 6) is -0.371. The molecule has 2 aromatic heterocycles. The lowest BCUT2D eigenvalue weighted by Crippen LogP contribution is -2.67. The largest absolute Gasteiger partial charge is 0.456 e. The van der Waals surface area contributed by atoms with Gasteiger partial charge < -0.3 is 24.7 Å². The fraction of sp³-hybridized carbons (Fsp3) is 0.278. The van der Waals surface area contributed by atoms with Crippen LogP contribution >= 0.6 is 0 Å². The Bertz CT molecular complexity index is 1850. The number of nitrogen functional groups attached to an aromatic ring is 1. The summed E-state index contributed by atoms with van der Waals surface area (Å²) in [6.07, 6.45) is -2.61. The number of hydrogen-bond acceptors (Lipinski definition) is 9. The number of carbonyl (C=O) groups is 1. The average molecular weight is 648 g/mol. The molecule has 6 rings (SSSR count). The first-order valence-electron chi connectivity index (χ1n) is 15.4. The summed E-state index contributed by atoms with van der Waals surface area (Å²) >= 11 is 0. The maximum Gasteiger partial charge on any atom is 0.310 e. The summed E-state index contributed by atoms with van der Waals surface area (Å²) < 4.78 is 21.1. The van der Waals surface area contributed by atoms with E-state index in [9.17, 15) is 15.2 Å². The zero-order chi connectivity index (χ0) is 33.2. The van der Waals surface area contributed by atoms with Crippen molar-refractivity contribution in [2.24, 2.45) is 0 Å². The minimum atomic E-state index is -3.07. The number of aliphatic hydroxyl groups is 1. The van der Waals surface area contributed by atoms with Crippen molar-refractivity contribution in [1.29, 1.82) is 5.26 Å². The number of ether oxygens (including phenoxy) is 2. The smallest absolute Gasteiger partial charge is 0.310 e. The maximum absolute atomic E-state index is 13.4. The zero-order valence-corrected chi connectivity index (χ0v) is 27.5. The summed E-state index contributed by atoms with van der Waals surface area (Å²) in [6, 6.07) is 34.8. The van der Waals surface area contributed by atoms with E-state index in [4.69, 9.17) is 19.6 Å². The van der Waals surface area contributed by atoms with E-state index in [0.717, 1.165) is 15.9 Å². The lowest BCUT2D eigenvalue weighted by atomic mass is 9.92. The molecule has 0 spiro atoms. The van der Waals surface area contributed by atoms with Crippen molar-refractivity contribution in [2.45, 2.75) is 56.1 Å². The van der Waals surface area contributed by atoms with E-state index in [1.54, 1.807) is 12.1 Å². The van der Waals surface area contributed by atoms with Crippen LogP contribution in [0.4, 0.5) is 5.82 Å². The van der Waals surface area contributed by atoms with Crippen LogP contribution in [0.5, 0.6) is 0 Å². The van der Waals surface area contributed by atoms with Crippen LogP contribution in [0, 0.1) is 11.3 Å². The topological polar surface area (TPSA) is 145 Å². The molecule has 0 saturated carbocycles. The fourth-order valence-electron chi connectivity index (χ4n) is 6.60. The van der Waals surface area contributed by atoms with Gasteiger partial charge in [0.15, 0.2) is 11.9 Å². The molecule has 0 amide bonds.